The van der Waals surface area contributed by atoms with Gasteiger partial charge in [0.15, 0.2) is 5.01 Å². The number of aryl methyl sites for hydroxylation is 1. The van der Waals surface area contributed by atoms with E-state index in [4.69, 9.17) is 26.5 Å². The number of carbonyl (C=O) groups is 4. The first kappa shape index (κ1) is 33.9. The van der Waals surface area contributed by atoms with Crippen molar-refractivity contribution < 1.29 is 42.6 Å². The zero-order chi connectivity index (χ0) is 31.4. The molecule has 0 fully saturated rings. The number of aromatic nitrogens is 1. The third-order valence-electron chi connectivity index (χ3n) is 6.09. The van der Waals surface area contributed by atoms with E-state index >= 15 is 0 Å². The van der Waals surface area contributed by atoms with Crippen molar-refractivity contribution in [3.63, 3.8) is 0 Å². The van der Waals surface area contributed by atoms with Crippen LogP contribution in [0.5, 0.6) is 0 Å². The average molecular weight is 609 g/mol. The molecule has 10 nitrogen and oxygen atoms in total. The van der Waals surface area contributed by atoms with Crippen LogP contribution in [0.2, 0.25) is 0 Å². The molecule has 1 unspecified atom stereocenters. The summed E-state index contributed by atoms with van der Waals surface area (Å²) in [5.74, 6) is -3.84. The molecule has 1 atom stereocenters. The van der Waals surface area contributed by atoms with Crippen LogP contribution in [0.4, 0.5) is 18.9 Å². The van der Waals surface area contributed by atoms with Crippen molar-refractivity contribution in [3.05, 3.63) is 81.3 Å². The van der Waals surface area contributed by atoms with Crippen molar-refractivity contribution in [2.75, 3.05) is 11.4 Å². The topological polar surface area (TPSA) is 177 Å². The molecule has 2 aromatic carbocycles. The van der Waals surface area contributed by atoms with Gasteiger partial charge in [-0.1, -0.05) is 43.7 Å². The molecule has 42 heavy (non-hydrogen) atoms. The first-order chi connectivity index (χ1) is 19.8. The molecule has 1 aliphatic rings. The Labute approximate surface area is 243 Å². The molecule has 14 heteroatoms. The molecule has 0 saturated carbocycles. The molecule has 0 radical (unpaired) electrons. The van der Waals surface area contributed by atoms with Gasteiger partial charge in [0.1, 0.15) is 6.54 Å². The molecule has 1 aromatic heterocycles. The van der Waals surface area contributed by atoms with Crippen LogP contribution in [0.1, 0.15) is 56.1 Å². The maximum Gasteiger partial charge on any atom is 0.490 e. The molecular formula is C28H31F3N4O6S. The fraction of sp³-hybridized carbons (Fsp3) is 0.321. The molecule has 0 spiro atoms. The number of halogens is 3. The molecule has 1 aliphatic carbocycles. The molecule has 0 bridgehead atoms. The summed E-state index contributed by atoms with van der Waals surface area (Å²) < 4.78 is 31.7. The van der Waals surface area contributed by atoms with E-state index in [1.165, 1.54) is 34.0 Å². The summed E-state index contributed by atoms with van der Waals surface area (Å²) in [6.45, 7) is 2.14. The molecule has 2 amide bonds. The third kappa shape index (κ3) is 10.3. The highest BCUT2D eigenvalue weighted by molar-refractivity contribution is 7.13. The lowest BCUT2D eigenvalue weighted by molar-refractivity contribution is -0.192. The lowest BCUT2D eigenvalue weighted by Crippen LogP contribution is -2.35. The lowest BCUT2D eigenvalue weighted by Gasteiger charge is -2.21. The first-order valence-corrected chi connectivity index (χ1v) is 13.5. The normalized spacial score (nSPS) is 13.8. The van der Waals surface area contributed by atoms with Crippen LogP contribution in [-0.2, 0) is 29.0 Å². The Balaban J connectivity index is 0.000000252. The van der Waals surface area contributed by atoms with E-state index < -0.39 is 30.6 Å². The number of benzene rings is 2. The van der Waals surface area contributed by atoms with E-state index in [0.29, 0.717) is 22.8 Å². The van der Waals surface area contributed by atoms with Crippen LogP contribution in [0.15, 0.2) is 54.6 Å². The smallest absolute Gasteiger partial charge is 0.480 e. The van der Waals surface area contributed by atoms with E-state index in [2.05, 4.69) is 11.9 Å². The summed E-state index contributed by atoms with van der Waals surface area (Å²) in [4.78, 5) is 50.2. The number of alkyl halides is 3. The number of anilines is 1. The van der Waals surface area contributed by atoms with Crippen LogP contribution in [0.25, 0.3) is 0 Å². The molecule has 226 valence electrons. The number of carboxylic acids is 2. The summed E-state index contributed by atoms with van der Waals surface area (Å²) in [5.41, 5.74) is 13.7. The molecule has 6 N–H and O–H groups in total. The molecule has 3 aromatic rings. The third-order valence-corrected chi connectivity index (χ3v) is 7.26. The second kappa shape index (κ2) is 15.6. The number of fused-ring (bicyclic) bond motifs is 1. The number of carbonyl (C=O) groups excluding carboxylic acids is 2. The summed E-state index contributed by atoms with van der Waals surface area (Å²) >= 11 is 1.47. The highest BCUT2D eigenvalue weighted by Gasteiger charge is 2.38. The zero-order valence-corrected chi connectivity index (χ0v) is 23.5. The quantitative estimate of drug-likeness (QED) is 0.307. The number of nitrogens with zero attached hydrogens (tertiary/aromatic N) is 2. The standard InChI is InChI=1S/C16H16N2O3.C10H14N2OS.C2HF3O2/c17-10-12-5-4-6-13(9-12)16(21)18(11-15(19)20)14-7-2-1-3-8-14;1-2-6-3-4-8-7(5-6)12-10(14-8)9(11)13;3-2(4,5)1(6)7/h1-9H,10-11,17H2,(H,19,20);6H,2-5H2,1H3,(H2,11,13);(H,6,7). The van der Waals surface area contributed by atoms with Gasteiger partial charge in [0, 0.05) is 22.7 Å². The number of thiazole rings is 1. The van der Waals surface area contributed by atoms with Crippen LogP contribution in [0.3, 0.4) is 0 Å². The molecule has 1 heterocycles. The van der Waals surface area contributed by atoms with Gasteiger partial charge in [-0.2, -0.15) is 13.2 Å². The fourth-order valence-corrected chi connectivity index (χ4v) is 4.87. The van der Waals surface area contributed by atoms with Crippen LogP contribution >= 0.6 is 11.3 Å². The maximum absolute atomic E-state index is 12.6. The average Bonchev–Trinajstić information content (AvgIpc) is 3.40. The maximum atomic E-state index is 12.6. The zero-order valence-electron chi connectivity index (χ0n) is 22.6. The van der Waals surface area contributed by atoms with Crippen molar-refractivity contribution in [3.8, 4) is 0 Å². The van der Waals surface area contributed by atoms with Gasteiger partial charge in [-0.3, -0.25) is 19.3 Å². The molecular weight excluding hydrogens is 577 g/mol. The van der Waals surface area contributed by atoms with E-state index in [1.807, 2.05) is 12.1 Å². The van der Waals surface area contributed by atoms with Crippen molar-refractivity contribution in [1.29, 1.82) is 0 Å². The Morgan fingerprint density at radius 3 is 2.24 bits per heavy atom. The minimum Gasteiger partial charge on any atom is -0.480 e. The second-order valence-electron chi connectivity index (χ2n) is 9.10. The Hall–Kier alpha value is -4.30. The first-order valence-electron chi connectivity index (χ1n) is 12.7. The Bertz CT molecular complexity index is 1380. The fourth-order valence-electron chi connectivity index (χ4n) is 3.91. The van der Waals surface area contributed by atoms with Crippen LogP contribution in [-0.4, -0.2) is 51.7 Å². The van der Waals surface area contributed by atoms with Crippen LogP contribution < -0.4 is 16.4 Å². The summed E-state index contributed by atoms with van der Waals surface area (Å²) in [7, 11) is 0. The van der Waals surface area contributed by atoms with Crippen molar-refractivity contribution in [1.82, 2.24) is 4.98 Å². The lowest BCUT2D eigenvalue weighted by atomic mass is 9.89. The number of hydrogen-bond acceptors (Lipinski definition) is 7. The SMILES string of the molecule is CCC1CCc2sc(C(N)=O)nc2C1.NCc1cccc(C(=O)N(CC(=O)O)c2ccccc2)c1.O=C(O)C(F)(F)F. The summed E-state index contributed by atoms with van der Waals surface area (Å²) in [5, 5.41) is 16.6. The predicted octanol–water partition coefficient (Wildman–Crippen LogP) is 4.27. The predicted molar refractivity (Wildman–Crippen MR) is 150 cm³/mol. The van der Waals surface area contributed by atoms with Gasteiger partial charge in [0.05, 0.1) is 5.69 Å². The van der Waals surface area contributed by atoms with Gasteiger partial charge in [0.2, 0.25) is 0 Å². The largest absolute Gasteiger partial charge is 0.490 e. The molecule has 0 aliphatic heterocycles. The minimum absolute atomic E-state index is 0.325. The number of primary amides is 1. The Morgan fingerprint density at radius 2 is 1.71 bits per heavy atom. The Morgan fingerprint density at radius 1 is 1.07 bits per heavy atom. The number of para-hydroxylation sites is 1. The van der Waals surface area contributed by atoms with Gasteiger partial charge in [0.25, 0.3) is 11.8 Å². The van der Waals surface area contributed by atoms with E-state index in [1.54, 1.807) is 42.5 Å². The highest BCUT2D eigenvalue weighted by Crippen LogP contribution is 2.31. The van der Waals surface area contributed by atoms with Crippen molar-refractivity contribution in [2.45, 2.75) is 45.3 Å². The minimum atomic E-state index is -5.08. The van der Waals surface area contributed by atoms with Crippen molar-refractivity contribution >= 4 is 40.8 Å². The highest BCUT2D eigenvalue weighted by atomic mass is 32.1. The van der Waals surface area contributed by atoms with E-state index in [9.17, 15) is 27.6 Å². The number of aliphatic carboxylic acids is 2. The van der Waals surface area contributed by atoms with E-state index in [-0.39, 0.29) is 5.91 Å². The number of amides is 2. The van der Waals surface area contributed by atoms with Gasteiger partial charge in [-0.25, -0.2) is 9.78 Å². The van der Waals surface area contributed by atoms with Gasteiger partial charge in [-0.05, 0) is 55.0 Å². The van der Waals surface area contributed by atoms with Gasteiger partial charge in [-0.15, -0.1) is 11.3 Å². The monoisotopic (exact) mass is 608 g/mol. The number of hydrogen-bond donors (Lipinski definition) is 4. The van der Waals surface area contributed by atoms with Gasteiger partial charge < -0.3 is 21.7 Å². The molecule has 4 rings (SSSR count). The van der Waals surface area contributed by atoms with Crippen molar-refractivity contribution in [2.24, 2.45) is 17.4 Å². The second-order valence-corrected chi connectivity index (χ2v) is 10.2. The number of nitrogens with two attached hydrogens (primary N) is 2. The molecule has 0 saturated heterocycles. The summed E-state index contributed by atoms with van der Waals surface area (Å²) in [6.07, 6.45) is -0.568. The van der Waals surface area contributed by atoms with E-state index in [0.717, 1.165) is 30.0 Å². The number of rotatable bonds is 7. The Kier molecular flexibility index (Phi) is 12.6. The van der Waals surface area contributed by atoms with Crippen LogP contribution in [0, 0.1) is 5.92 Å². The summed E-state index contributed by atoms with van der Waals surface area (Å²) in [6, 6.07) is 15.6. The van der Waals surface area contributed by atoms with Gasteiger partial charge >= 0.3 is 18.1 Å². The number of carboxylic acid groups (broad SMARTS) is 2.